The van der Waals surface area contributed by atoms with Crippen molar-refractivity contribution in [3.05, 3.63) is 20.8 Å². The van der Waals surface area contributed by atoms with Crippen LogP contribution in [0.15, 0.2) is 9.59 Å². The lowest BCUT2D eigenvalue weighted by atomic mass is 10.2. The number of anilines is 2. The number of carbonyl (C=O) groups excluding carboxylic acids is 3. The molecule has 1 unspecified atom stereocenters. The van der Waals surface area contributed by atoms with Gasteiger partial charge in [0.2, 0.25) is 5.91 Å². The molecule has 1 saturated carbocycles. The average Bonchev–Trinajstić information content (AvgIpc) is 3.60. The maximum Gasteiger partial charge on any atom is 0.330 e. The molecule has 0 bridgehead atoms. The van der Waals surface area contributed by atoms with E-state index < -0.39 is 29.2 Å². The number of rotatable bonds is 14. The zero-order valence-corrected chi connectivity index (χ0v) is 20.4. The summed E-state index contributed by atoms with van der Waals surface area (Å²) in [5.41, 5.74) is 4.74. The highest BCUT2D eigenvalue weighted by Gasteiger charge is 2.28. The second-order valence-corrected chi connectivity index (χ2v) is 8.67. The van der Waals surface area contributed by atoms with Gasteiger partial charge in [0.15, 0.2) is 11.8 Å². The Hall–Kier alpha value is -3.11. The number of aromatic nitrogens is 2. The SMILES string of the molecule is CCCCCN(C(=O)CCC(=O)OC(C)C(=O)NC1CC1)c1c(N)n(CCCC)c(=O)[nH]c1=O. The summed E-state index contributed by atoms with van der Waals surface area (Å²) < 4.78 is 6.40. The summed E-state index contributed by atoms with van der Waals surface area (Å²) in [7, 11) is 0. The number of amides is 2. The molecule has 0 spiro atoms. The number of nitrogens with one attached hydrogen (secondary N) is 2. The number of aromatic amines is 1. The normalized spacial score (nSPS) is 13.9. The van der Waals surface area contributed by atoms with Gasteiger partial charge in [-0.25, -0.2) is 4.79 Å². The maximum absolute atomic E-state index is 13.1. The predicted octanol–water partition coefficient (Wildman–Crippen LogP) is 1.43. The third-order valence-corrected chi connectivity index (χ3v) is 5.65. The summed E-state index contributed by atoms with van der Waals surface area (Å²) in [4.78, 5) is 65.7. The first-order chi connectivity index (χ1) is 16.2. The summed E-state index contributed by atoms with van der Waals surface area (Å²) in [6.45, 7) is 5.99. The number of unbranched alkanes of at least 4 members (excludes halogenated alkanes) is 3. The standard InChI is InChI=1S/C23H37N5O6/c1-4-6-8-14-27(19-20(24)28(13-7-5-2)23(33)26-22(19)32)17(29)11-12-18(30)34-15(3)21(31)25-16-9-10-16/h15-16H,4-14,24H2,1-3H3,(H,25,31)(H,26,32,33). The minimum atomic E-state index is -0.954. The molecule has 11 nitrogen and oxygen atoms in total. The van der Waals surface area contributed by atoms with Crippen LogP contribution in [0.2, 0.25) is 0 Å². The third-order valence-electron chi connectivity index (χ3n) is 5.65. The number of nitrogen functional groups attached to an aromatic ring is 1. The maximum atomic E-state index is 13.1. The number of nitrogens with zero attached hydrogens (tertiary/aromatic N) is 2. The van der Waals surface area contributed by atoms with Crippen molar-refractivity contribution in [2.24, 2.45) is 0 Å². The Labute approximate surface area is 199 Å². The Morgan fingerprint density at radius 3 is 2.44 bits per heavy atom. The highest BCUT2D eigenvalue weighted by molar-refractivity contribution is 5.97. The van der Waals surface area contributed by atoms with Gasteiger partial charge >= 0.3 is 11.7 Å². The van der Waals surface area contributed by atoms with E-state index in [9.17, 15) is 24.0 Å². The van der Waals surface area contributed by atoms with E-state index >= 15 is 0 Å². The second-order valence-electron chi connectivity index (χ2n) is 8.67. The molecule has 11 heteroatoms. The van der Waals surface area contributed by atoms with Crippen molar-refractivity contribution >= 4 is 29.3 Å². The van der Waals surface area contributed by atoms with Gasteiger partial charge in [-0.1, -0.05) is 33.1 Å². The highest BCUT2D eigenvalue weighted by atomic mass is 16.5. The highest BCUT2D eigenvalue weighted by Crippen LogP contribution is 2.20. The zero-order chi connectivity index (χ0) is 25.3. The molecule has 1 atom stereocenters. The van der Waals surface area contributed by atoms with E-state index in [4.69, 9.17) is 10.5 Å². The molecular formula is C23H37N5O6. The van der Waals surface area contributed by atoms with E-state index in [2.05, 4.69) is 10.3 Å². The van der Waals surface area contributed by atoms with Gasteiger partial charge in [0.25, 0.3) is 11.5 Å². The van der Waals surface area contributed by atoms with E-state index in [1.54, 1.807) is 0 Å². The van der Waals surface area contributed by atoms with Gasteiger partial charge in [-0.3, -0.25) is 28.7 Å². The van der Waals surface area contributed by atoms with Crippen molar-refractivity contribution in [1.29, 1.82) is 0 Å². The van der Waals surface area contributed by atoms with E-state index in [-0.39, 0.29) is 42.8 Å². The van der Waals surface area contributed by atoms with Crippen molar-refractivity contribution in [3.63, 3.8) is 0 Å². The van der Waals surface area contributed by atoms with Crippen LogP contribution in [-0.4, -0.2) is 46.0 Å². The van der Waals surface area contributed by atoms with Crippen molar-refractivity contribution in [2.45, 2.75) is 97.2 Å². The Morgan fingerprint density at radius 1 is 1.15 bits per heavy atom. The van der Waals surface area contributed by atoms with Crippen LogP contribution in [0.5, 0.6) is 0 Å². The summed E-state index contributed by atoms with van der Waals surface area (Å²) in [6.07, 6.45) is 4.25. The molecule has 34 heavy (non-hydrogen) atoms. The summed E-state index contributed by atoms with van der Waals surface area (Å²) >= 11 is 0. The zero-order valence-electron chi connectivity index (χ0n) is 20.4. The van der Waals surface area contributed by atoms with Gasteiger partial charge in [-0.05, 0) is 32.6 Å². The quantitative estimate of drug-likeness (QED) is 0.269. The molecule has 2 amide bonds. The van der Waals surface area contributed by atoms with Gasteiger partial charge in [0.1, 0.15) is 5.82 Å². The first kappa shape index (κ1) is 27.1. The number of ether oxygens (including phenoxy) is 1. The molecular weight excluding hydrogens is 442 g/mol. The molecule has 2 rings (SSSR count). The van der Waals surface area contributed by atoms with Gasteiger partial charge in [-0.2, -0.15) is 0 Å². The molecule has 1 fully saturated rings. The molecule has 1 aliphatic carbocycles. The van der Waals surface area contributed by atoms with Crippen LogP contribution in [0.4, 0.5) is 11.5 Å². The minimum absolute atomic E-state index is 0.0694. The van der Waals surface area contributed by atoms with Gasteiger partial charge in [-0.15, -0.1) is 0 Å². The van der Waals surface area contributed by atoms with Gasteiger partial charge in [0.05, 0.1) is 6.42 Å². The summed E-state index contributed by atoms with van der Waals surface area (Å²) in [6, 6.07) is 0.149. The number of hydrogen-bond donors (Lipinski definition) is 3. The molecule has 1 aromatic rings. The Balaban J connectivity index is 2.13. The van der Waals surface area contributed by atoms with Crippen LogP contribution >= 0.6 is 0 Å². The van der Waals surface area contributed by atoms with Crippen LogP contribution < -0.4 is 27.2 Å². The molecule has 0 radical (unpaired) electrons. The monoisotopic (exact) mass is 479 g/mol. The summed E-state index contributed by atoms with van der Waals surface area (Å²) in [5, 5.41) is 2.76. The van der Waals surface area contributed by atoms with Crippen LogP contribution in [0.25, 0.3) is 0 Å². The van der Waals surface area contributed by atoms with Crippen molar-refractivity contribution in [1.82, 2.24) is 14.9 Å². The van der Waals surface area contributed by atoms with Crippen molar-refractivity contribution in [2.75, 3.05) is 17.2 Å². The van der Waals surface area contributed by atoms with E-state index in [1.165, 1.54) is 16.4 Å². The van der Waals surface area contributed by atoms with Crippen LogP contribution in [0.1, 0.15) is 78.6 Å². The fraction of sp³-hybridized carbons (Fsp3) is 0.696. The topological polar surface area (TPSA) is 157 Å². The Bertz CT molecular complexity index is 981. The van der Waals surface area contributed by atoms with E-state index in [0.717, 1.165) is 32.1 Å². The fourth-order valence-corrected chi connectivity index (χ4v) is 3.46. The molecule has 4 N–H and O–H groups in total. The molecule has 0 aliphatic heterocycles. The number of H-pyrrole nitrogens is 1. The lowest BCUT2D eigenvalue weighted by Crippen LogP contribution is -2.42. The lowest BCUT2D eigenvalue weighted by molar-refractivity contribution is -0.155. The van der Waals surface area contributed by atoms with Crippen molar-refractivity contribution in [3.8, 4) is 0 Å². The molecule has 0 saturated heterocycles. The van der Waals surface area contributed by atoms with Crippen LogP contribution in [-0.2, 0) is 25.7 Å². The predicted molar refractivity (Wildman–Crippen MR) is 128 cm³/mol. The number of hydrogen-bond acceptors (Lipinski definition) is 7. The smallest absolute Gasteiger partial charge is 0.330 e. The molecule has 1 heterocycles. The largest absolute Gasteiger partial charge is 0.453 e. The number of carbonyl (C=O) groups is 3. The van der Waals surface area contributed by atoms with E-state index in [1.807, 2.05) is 13.8 Å². The van der Waals surface area contributed by atoms with Crippen LogP contribution in [0.3, 0.4) is 0 Å². The van der Waals surface area contributed by atoms with Crippen molar-refractivity contribution < 1.29 is 19.1 Å². The molecule has 1 aliphatic rings. The first-order valence-electron chi connectivity index (χ1n) is 12.1. The fourth-order valence-electron chi connectivity index (χ4n) is 3.46. The third kappa shape index (κ3) is 7.74. The number of esters is 1. The molecule has 1 aromatic heterocycles. The van der Waals surface area contributed by atoms with E-state index in [0.29, 0.717) is 19.4 Å². The first-order valence-corrected chi connectivity index (χ1v) is 12.1. The van der Waals surface area contributed by atoms with Gasteiger partial charge in [0, 0.05) is 25.6 Å². The average molecular weight is 480 g/mol. The summed E-state index contributed by atoms with van der Waals surface area (Å²) in [5.74, 6) is -1.60. The second kappa shape index (κ2) is 13.0. The molecule has 0 aromatic carbocycles. The number of nitrogens with two attached hydrogens (primary N) is 1. The van der Waals surface area contributed by atoms with Crippen LogP contribution in [0, 0.1) is 0 Å². The Kier molecular flexibility index (Phi) is 10.3. The minimum Gasteiger partial charge on any atom is -0.453 e. The Morgan fingerprint density at radius 2 is 1.82 bits per heavy atom. The van der Waals surface area contributed by atoms with Gasteiger partial charge < -0.3 is 20.7 Å². The molecule has 190 valence electrons. The lowest BCUT2D eigenvalue weighted by Gasteiger charge is -2.24.